The Hall–Kier alpha value is -1.72. The lowest BCUT2D eigenvalue weighted by Crippen LogP contribution is -2.54. The molecule has 2 atom stereocenters. The fraction of sp³-hybridized carbons (Fsp3) is 0.667. The summed E-state index contributed by atoms with van der Waals surface area (Å²) in [5, 5.41) is 13.3. The monoisotopic (exact) mass is 435 g/mol. The van der Waals surface area contributed by atoms with Crippen molar-refractivity contribution in [1.29, 1.82) is 0 Å². The van der Waals surface area contributed by atoms with E-state index in [2.05, 4.69) is 5.32 Å². The molecule has 0 bridgehead atoms. The van der Waals surface area contributed by atoms with Gasteiger partial charge < -0.3 is 5.32 Å². The number of rotatable bonds is 4. The van der Waals surface area contributed by atoms with Gasteiger partial charge in [0.15, 0.2) is 9.84 Å². The third-order valence-corrected chi connectivity index (χ3v) is 7.88. The standard InChI is InChI=1S/C18H24F3N3O4S/c1-12-6-9-23(13-4-7-22-8-5-13)17(10-12)29(27,28)14-2-3-16(24(25)26)15(11-14)18(19,20)21/h2-3,11-13,17,22H,4-10H2,1H3/t12?,17-/m1/s1. The van der Waals surface area contributed by atoms with Gasteiger partial charge in [-0.3, -0.25) is 15.0 Å². The van der Waals surface area contributed by atoms with Gasteiger partial charge in [-0.05, 0) is 63.4 Å². The molecule has 3 rings (SSSR count). The summed E-state index contributed by atoms with van der Waals surface area (Å²) in [7, 11) is -4.14. The van der Waals surface area contributed by atoms with Crippen molar-refractivity contribution in [2.75, 3.05) is 19.6 Å². The summed E-state index contributed by atoms with van der Waals surface area (Å²) >= 11 is 0. The molecule has 1 aromatic rings. The van der Waals surface area contributed by atoms with Gasteiger partial charge in [0.1, 0.15) is 10.9 Å². The van der Waals surface area contributed by atoms with Gasteiger partial charge in [-0.15, -0.1) is 0 Å². The molecule has 2 aliphatic rings. The number of nitro groups is 1. The van der Waals surface area contributed by atoms with Gasteiger partial charge in [0.05, 0.1) is 9.82 Å². The summed E-state index contributed by atoms with van der Waals surface area (Å²) in [5.41, 5.74) is -2.69. The molecular weight excluding hydrogens is 411 g/mol. The lowest BCUT2D eigenvalue weighted by atomic mass is 9.95. The number of benzene rings is 1. The molecule has 0 radical (unpaired) electrons. The zero-order valence-electron chi connectivity index (χ0n) is 16.0. The molecule has 1 unspecified atom stereocenters. The number of hydrogen-bond donors (Lipinski definition) is 1. The first-order chi connectivity index (χ1) is 13.5. The molecule has 29 heavy (non-hydrogen) atoms. The fourth-order valence-electron chi connectivity index (χ4n) is 4.21. The van der Waals surface area contributed by atoms with E-state index in [0.717, 1.165) is 38.4 Å². The predicted octanol–water partition coefficient (Wildman–Crippen LogP) is 3.20. The van der Waals surface area contributed by atoms with Gasteiger partial charge in [0.25, 0.3) is 5.69 Å². The van der Waals surface area contributed by atoms with Crippen LogP contribution in [-0.2, 0) is 16.0 Å². The Kier molecular flexibility index (Phi) is 6.21. The number of alkyl halides is 3. The zero-order chi connectivity index (χ0) is 21.4. The molecule has 11 heteroatoms. The normalized spacial score (nSPS) is 25.1. The summed E-state index contributed by atoms with van der Waals surface area (Å²) in [6, 6.07) is 2.01. The SMILES string of the molecule is CC1CCN(C2CCNCC2)[C@H](S(=O)(=O)c2ccc([N+](=O)[O-])c(C(F)(F)F)c2)C1. The molecule has 1 aromatic carbocycles. The van der Waals surface area contributed by atoms with Crippen molar-refractivity contribution < 1.29 is 26.5 Å². The molecule has 0 saturated carbocycles. The quantitative estimate of drug-likeness (QED) is 0.577. The minimum Gasteiger partial charge on any atom is -0.317 e. The van der Waals surface area contributed by atoms with Crippen LogP contribution in [0.25, 0.3) is 0 Å². The number of nitrogens with one attached hydrogen (secondary N) is 1. The van der Waals surface area contributed by atoms with Gasteiger partial charge in [0.2, 0.25) is 0 Å². The predicted molar refractivity (Wildman–Crippen MR) is 100 cm³/mol. The first-order valence-electron chi connectivity index (χ1n) is 9.58. The van der Waals surface area contributed by atoms with Gasteiger partial charge in [-0.25, -0.2) is 8.42 Å². The topological polar surface area (TPSA) is 92.6 Å². The summed E-state index contributed by atoms with van der Waals surface area (Å²) in [5.74, 6) is 0.118. The fourth-order valence-corrected chi connectivity index (χ4v) is 6.28. The van der Waals surface area contributed by atoms with E-state index in [0.29, 0.717) is 25.1 Å². The lowest BCUT2D eigenvalue weighted by molar-refractivity contribution is -0.388. The molecule has 0 spiro atoms. The first kappa shape index (κ1) is 22.0. The number of sulfone groups is 1. The van der Waals surface area contributed by atoms with Crippen molar-refractivity contribution in [1.82, 2.24) is 10.2 Å². The molecule has 2 fully saturated rings. The third kappa shape index (κ3) is 4.56. The van der Waals surface area contributed by atoms with Crippen LogP contribution in [0.4, 0.5) is 18.9 Å². The smallest absolute Gasteiger partial charge is 0.317 e. The zero-order valence-corrected chi connectivity index (χ0v) is 16.8. The van der Waals surface area contributed by atoms with E-state index in [1.165, 1.54) is 0 Å². The number of nitrogens with zero attached hydrogens (tertiary/aromatic N) is 2. The second kappa shape index (κ2) is 8.19. The van der Waals surface area contributed by atoms with E-state index in [1.54, 1.807) is 0 Å². The average molecular weight is 435 g/mol. The second-order valence-corrected chi connectivity index (χ2v) is 9.89. The van der Waals surface area contributed by atoms with Crippen LogP contribution >= 0.6 is 0 Å². The van der Waals surface area contributed by atoms with Crippen LogP contribution in [0.15, 0.2) is 23.1 Å². The molecule has 0 amide bonds. The molecule has 0 aromatic heterocycles. The maximum atomic E-state index is 13.4. The maximum absolute atomic E-state index is 13.4. The molecule has 162 valence electrons. The Morgan fingerprint density at radius 2 is 1.86 bits per heavy atom. The van der Waals surface area contributed by atoms with Crippen molar-refractivity contribution in [3.8, 4) is 0 Å². The Bertz CT molecular complexity index is 870. The molecule has 2 heterocycles. The summed E-state index contributed by atoms with van der Waals surface area (Å²) in [6.07, 6.45) is -2.33. The highest BCUT2D eigenvalue weighted by atomic mass is 32.2. The lowest BCUT2D eigenvalue weighted by Gasteiger charge is -2.44. The largest absolute Gasteiger partial charge is 0.423 e. The molecule has 2 aliphatic heterocycles. The number of hydrogen-bond acceptors (Lipinski definition) is 6. The molecular formula is C18H24F3N3O4S. The van der Waals surface area contributed by atoms with Gasteiger partial charge in [-0.2, -0.15) is 13.2 Å². The summed E-state index contributed by atoms with van der Waals surface area (Å²) in [4.78, 5) is 11.2. The Morgan fingerprint density at radius 3 is 2.45 bits per heavy atom. The highest BCUT2D eigenvalue weighted by Crippen LogP contribution is 2.39. The molecule has 2 saturated heterocycles. The van der Waals surface area contributed by atoms with Crippen LogP contribution in [0.3, 0.4) is 0 Å². The van der Waals surface area contributed by atoms with Crippen molar-refractivity contribution in [2.24, 2.45) is 5.92 Å². The van der Waals surface area contributed by atoms with E-state index in [1.807, 2.05) is 11.8 Å². The maximum Gasteiger partial charge on any atom is 0.423 e. The number of nitro benzene ring substituents is 1. The number of likely N-dealkylation sites (tertiary alicyclic amines) is 1. The van der Waals surface area contributed by atoms with Crippen LogP contribution in [0.5, 0.6) is 0 Å². The van der Waals surface area contributed by atoms with Crippen molar-refractivity contribution >= 4 is 15.5 Å². The van der Waals surface area contributed by atoms with Gasteiger partial charge in [0, 0.05) is 12.1 Å². The third-order valence-electron chi connectivity index (χ3n) is 5.79. The van der Waals surface area contributed by atoms with Crippen LogP contribution in [-0.4, -0.2) is 49.3 Å². The minimum absolute atomic E-state index is 0.0451. The first-order valence-corrected chi connectivity index (χ1v) is 11.1. The summed E-state index contributed by atoms with van der Waals surface area (Å²) < 4.78 is 66.7. The minimum atomic E-state index is -5.03. The molecule has 0 aliphatic carbocycles. The van der Waals surface area contributed by atoms with E-state index < -0.39 is 42.5 Å². The van der Waals surface area contributed by atoms with Crippen molar-refractivity contribution in [3.63, 3.8) is 0 Å². The average Bonchev–Trinajstić information content (AvgIpc) is 2.67. The van der Waals surface area contributed by atoms with Crippen molar-refractivity contribution in [3.05, 3.63) is 33.9 Å². The van der Waals surface area contributed by atoms with E-state index >= 15 is 0 Å². The number of piperidine rings is 2. The van der Waals surface area contributed by atoms with Crippen LogP contribution in [0.1, 0.15) is 38.2 Å². The Morgan fingerprint density at radius 1 is 1.21 bits per heavy atom. The van der Waals surface area contributed by atoms with Crippen molar-refractivity contribution in [2.45, 2.75) is 55.1 Å². The van der Waals surface area contributed by atoms with E-state index in [-0.39, 0.29) is 12.0 Å². The van der Waals surface area contributed by atoms with Crippen LogP contribution in [0, 0.1) is 16.0 Å². The van der Waals surface area contributed by atoms with Gasteiger partial charge in [-0.1, -0.05) is 6.92 Å². The second-order valence-electron chi connectivity index (χ2n) is 7.78. The van der Waals surface area contributed by atoms with E-state index in [9.17, 15) is 31.7 Å². The van der Waals surface area contributed by atoms with Crippen LogP contribution < -0.4 is 5.32 Å². The Balaban J connectivity index is 2.02. The Labute approximate surface area is 167 Å². The van der Waals surface area contributed by atoms with Crippen LogP contribution in [0.2, 0.25) is 0 Å². The van der Waals surface area contributed by atoms with E-state index in [4.69, 9.17) is 0 Å². The number of halogens is 3. The molecule has 1 N–H and O–H groups in total. The highest BCUT2D eigenvalue weighted by Gasteiger charge is 2.43. The molecule has 7 nitrogen and oxygen atoms in total. The highest BCUT2D eigenvalue weighted by molar-refractivity contribution is 7.92. The van der Waals surface area contributed by atoms with Gasteiger partial charge >= 0.3 is 6.18 Å². The summed E-state index contributed by atoms with van der Waals surface area (Å²) in [6.45, 7) is 4.02.